The van der Waals surface area contributed by atoms with Crippen LogP contribution in [-0.4, -0.2) is 45.5 Å². The molecular formula is C22H27N4O2P. The van der Waals surface area contributed by atoms with E-state index in [1.165, 1.54) is 0 Å². The molecule has 5 rings (SSSR count). The summed E-state index contributed by atoms with van der Waals surface area (Å²) in [6.45, 7) is 4.11. The topological polar surface area (TPSA) is 90.9 Å². The Bertz CT molecular complexity index is 1140. The molecule has 0 bridgehead atoms. The molecule has 2 aliphatic carbocycles. The SMILES string of the molecule is CP(C)(=O)c1cccc2c3c([nH]c12)CCCc1cnc(NCC2(O)CCC2)nc1-3. The van der Waals surface area contributed by atoms with Crippen molar-refractivity contribution >= 4 is 29.3 Å². The van der Waals surface area contributed by atoms with Gasteiger partial charge in [-0.1, -0.05) is 12.1 Å². The fourth-order valence-electron chi connectivity index (χ4n) is 4.51. The highest BCUT2D eigenvalue weighted by Crippen LogP contribution is 2.42. The number of aryl methyl sites for hydroxylation is 2. The second-order valence-electron chi connectivity index (χ2n) is 8.88. The Kier molecular flexibility index (Phi) is 4.34. The van der Waals surface area contributed by atoms with E-state index in [2.05, 4.69) is 21.4 Å². The minimum atomic E-state index is -2.41. The first-order valence-corrected chi connectivity index (χ1v) is 13.0. The van der Waals surface area contributed by atoms with Gasteiger partial charge in [-0.15, -0.1) is 0 Å². The van der Waals surface area contributed by atoms with Crippen molar-refractivity contribution in [2.24, 2.45) is 0 Å². The normalized spacial score (nSPS) is 17.9. The largest absolute Gasteiger partial charge is 0.388 e. The highest BCUT2D eigenvalue weighted by molar-refractivity contribution is 7.70. The fourth-order valence-corrected chi connectivity index (χ4v) is 5.67. The zero-order valence-electron chi connectivity index (χ0n) is 17.0. The number of hydrogen-bond acceptors (Lipinski definition) is 5. The summed E-state index contributed by atoms with van der Waals surface area (Å²) in [7, 11) is -2.41. The molecule has 0 spiro atoms. The van der Waals surface area contributed by atoms with Gasteiger partial charge in [0, 0.05) is 34.7 Å². The molecular weight excluding hydrogens is 383 g/mol. The van der Waals surface area contributed by atoms with Crippen LogP contribution < -0.4 is 10.6 Å². The van der Waals surface area contributed by atoms with Gasteiger partial charge in [0.15, 0.2) is 0 Å². The van der Waals surface area contributed by atoms with E-state index in [-0.39, 0.29) is 0 Å². The first-order chi connectivity index (χ1) is 13.8. The standard InChI is InChI=1S/C22H27N4O2P/c1-29(2,28)17-9-4-7-15-18-16(25-20(15)17)8-3-6-14-12-23-21(26-19(14)18)24-13-22(27)10-5-11-22/h4,7,9,12,25,27H,3,5-6,8,10-11,13H2,1-2H3,(H,23,24,26). The third-order valence-corrected chi connectivity index (χ3v) is 7.84. The Morgan fingerprint density at radius 3 is 2.79 bits per heavy atom. The lowest BCUT2D eigenvalue weighted by molar-refractivity contribution is -0.0203. The van der Waals surface area contributed by atoms with Gasteiger partial charge in [0.2, 0.25) is 5.95 Å². The summed E-state index contributed by atoms with van der Waals surface area (Å²) in [6, 6.07) is 6.04. The van der Waals surface area contributed by atoms with E-state index in [9.17, 15) is 9.67 Å². The number of H-pyrrole nitrogens is 1. The van der Waals surface area contributed by atoms with Crippen molar-refractivity contribution in [1.82, 2.24) is 15.0 Å². The van der Waals surface area contributed by atoms with E-state index in [1.807, 2.05) is 31.7 Å². The molecule has 0 aliphatic heterocycles. The highest BCUT2D eigenvalue weighted by Gasteiger charge is 2.34. The van der Waals surface area contributed by atoms with E-state index in [4.69, 9.17) is 4.98 Å². The van der Waals surface area contributed by atoms with Crippen molar-refractivity contribution in [3.05, 3.63) is 35.7 Å². The van der Waals surface area contributed by atoms with Gasteiger partial charge in [-0.05, 0) is 63.5 Å². The maximum atomic E-state index is 12.8. The van der Waals surface area contributed by atoms with Gasteiger partial charge in [0.25, 0.3) is 0 Å². The number of nitrogens with one attached hydrogen (secondary N) is 2. The van der Waals surface area contributed by atoms with E-state index in [0.717, 1.165) is 77.2 Å². The van der Waals surface area contributed by atoms with E-state index < -0.39 is 12.7 Å². The summed E-state index contributed by atoms with van der Waals surface area (Å²) in [6.07, 6.45) is 7.53. The molecule has 7 heteroatoms. The number of hydrogen-bond donors (Lipinski definition) is 3. The molecule has 0 saturated heterocycles. The van der Waals surface area contributed by atoms with Gasteiger partial charge < -0.3 is 20.0 Å². The molecule has 6 nitrogen and oxygen atoms in total. The maximum Gasteiger partial charge on any atom is 0.223 e. The molecule has 1 aromatic carbocycles. The lowest BCUT2D eigenvalue weighted by atomic mass is 9.80. The Hall–Kier alpha value is -2.17. The van der Waals surface area contributed by atoms with Crippen LogP contribution in [0.5, 0.6) is 0 Å². The van der Waals surface area contributed by atoms with Crippen molar-refractivity contribution in [2.45, 2.75) is 44.1 Å². The van der Waals surface area contributed by atoms with Crippen LogP contribution in [0.1, 0.15) is 36.9 Å². The molecule has 2 aromatic heterocycles. The van der Waals surface area contributed by atoms with Crippen molar-refractivity contribution in [2.75, 3.05) is 25.2 Å². The number of fused-ring (bicyclic) bond motifs is 5. The van der Waals surface area contributed by atoms with Crippen molar-refractivity contribution in [3.8, 4) is 11.3 Å². The molecule has 2 heterocycles. The quantitative estimate of drug-likeness (QED) is 0.571. The molecule has 29 heavy (non-hydrogen) atoms. The molecule has 0 amide bonds. The van der Waals surface area contributed by atoms with Crippen molar-refractivity contribution in [1.29, 1.82) is 0 Å². The van der Waals surface area contributed by atoms with Gasteiger partial charge in [-0.2, -0.15) is 0 Å². The third kappa shape index (κ3) is 3.28. The van der Waals surface area contributed by atoms with Crippen LogP contribution in [0, 0.1) is 0 Å². The first kappa shape index (κ1) is 18.8. The molecule has 0 unspecified atom stereocenters. The second-order valence-corrected chi connectivity index (χ2v) is 12.1. The summed E-state index contributed by atoms with van der Waals surface area (Å²) >= 11 is 0. The molecule has 0 atom stereocenters. The summed E-state index contributed by atoms with van der Waals surface area (Å²) in [5, 5.41) is 15.6. The lowest BCUT2D eigenvalue weighted by Crippen LogP contribution is -2.43. The number of aromatic amines is 1. The number of aromatic nitrogens is 3. The molecule has 152 valence electrons. The highest BCUT2D eigenvalue weighted by atomic mass is 31.2. The predicted molar refractivity (Wildman–Crippen MR) is 118 cm³/mol. The van der Waals surface area contributed by atoms with E-state index in [0.29, 0.717) is 12.5 Å². The van der Waals surface area contributed by atoms with Crippen LogP contribution in [0.4, 0.5) is 5.95 Å². The summed E-state index contributed by atoms with van der Waals surface area (Å²) < 4.78 is 12.8. The Morgan fingerprint density at radius 1 is 1.24 bits per heavy atom. The van der Waals surface area contributed by atoms with Crippen LogP contribution in [0.25, 0.3) is 22.2 Å². The molecule has 1 saturated carbocycles. The number of aliphatic hydroxyl groups is 1. The van der Waals surface area contributed by atoms with Crippen LogP contribution in [0.15, 0.2) is 24.4 Å². The average molecular weight is 410 g/mol. The fraction of sp³-hybridized carbons (Fsp3) is 0.455. The monoisotopic (exact) mass is 410 g/mol. The number of benzene rings is 1. The Morgan fingerprint density at radius 2 is 2.07 bits per heavy atom. The van der Waals surface area contributed by atoms with Crippen LogP contribution in [0.3, 0.4) is 0 Å². The third-order valence-electron chi connectivity index (χ3n) is 6.30. The minimum absolute atomic E-state index is 0.478. The van der Waals surface area contributed by atoms with Gasteiger partial charge >= 0.3 is 0 Å². The lowest BCUT2D eigenvalue weighted by Gasteiger charge is -2.36. The second kappa shape index (κ2) is 6.68. The minimum Gasteiger partial charge on any atom is -0.388 e. The number of anilines is 1. The molecule has 2 aliphatic rings. The predicted octanol–water partition coefficient (Wildman–Crippen LogP) is 3.69. The number of para-hydroxylation sites is 1. The zero-order chi connectivity index (χ0) is 20.2. The maximum absolute atomic E-state index is 12.8. The van der Waals surface area contributed by atoms with E-state index >= 15 is 0 Å². The van der Waals surface area contributed by atoms with Crippen LogP contribution in [0.2, 0.25) is 0 Å². The van der Waals surface area contributed by atoms with Gasteiger partial charge in [0.05, 0.1) is 16.8 Å². The Balaban J connectivity index is 1.62. The molecule has 1 fully saturated rings. The van der Waals surface area contributed by atoms with Gasteiger partial charge in [0.1, 0.15) is 7.14 Å². The Labute approximate surface area is 170 Å². The van der Waals surface area contributed by atoms with Crippen molar-refractivity contribution in [3.63, 3.8) is 0 Å². The first-order valence-electron chi connectivity index (χ1n) is 10.4. The summed E-state index contributed by atoms with van der Waals surface area (Å²) in [4.78, 5) is 12.9. The van der Waals surface area contributed by atoms with Crippen LogP contribution in [-0.2, 0) is 17.4 Å². The smallest absolute Gasteiger partial charge is 0.223 e. The van der Waals surface area contributed by atoms with Crippen LogP contribution >= 0.6 is 7.14 Å². The van der Waals surface area contributed by atoms with Crippen molar-refractivity contribution < 1.29 is 9.67 Å². The number of rotatable bonds is 4. The summed E-state index contributed by atoms with van der Waals surface area (Å²) in [5.41, 5.74) is 4.69. The van der Waals surface area contributed by atoms with Gasteiger partial charge in [-0.25, -0.2) is 9.97 Å². The number of nitrogens with zero attached hydrogens (tertiary/aromatic N) is 2. The average Bonchev–Trinajstić information content (AvgIpc) is 2.93. The van der Waals surface area contributed by atoms with E-state index in [1.54, 1.807) is 0 Å². The summed E-state index contributed by atoms with van der Waals surface area (Å²) in [5.74, 6) is 0.555. The zero-order valence-corrected chi connectivity index (χ0v) is 17.9. The molecule has 3 aromatic rings. The van der Waals surface area contributed by atoms with Gasteiger partial charge in [-0.3, -0.25) is 0 Å². The molecule has 3 N–H and O–H groups in total. The molecule has 0 radical (unpaired) electrons.